The normalized spacial score (nSPS) is 10.4. The van der Waals surface area contributed by atoms with E-state index in [1.807, 2.05) is 19.1 Å². The molecule has 0 spiro atoms. The minimum atomic E-state index is -0.430. The predicted octanol–water partition coefficient (Wildman–Crippen LogP) is 3.98. The molecule has 6 heteroatoms. The maximum atomic E-state index is 12.5. The first-order valence-electron chi connectivity index (χ1n) is 8.38. The summed E-state index contributed by atoms with van der Waals surface area (Å²) in [7, 11) is 0. The number of phenolic OH excluding ortho intramolecular Hbond substituents is 3. The number of phenols is 3. The Kier molecular flexibility index (Phi) is 5.17. The lowest BCUT2D eigenvalue weighted by Gasteiger charge is -2.12. The van der Waals surface area contributed by atoms with Crippen LogP contribution in [0.3, 0.4) is 0 Å². The molecular weight excluding hydrogens is 344 g/mol. The molecule has 5 N–H and O–H groups in total. The van der Waals surface area contributed by atoms with E-state index in [1.54, 1.807) is 18.2 Å². The summed E-state index contributed by atoms with van der Waals surface area (Å²) >= 11 is 0. The van der Waals surface area contributed by atoms with Crippen LogP contribution in [0.2, 0.25) is 0 Å². The van der Waals surface area contributed by atoms with Gasteiger partial charge in [0.05, 0.1) is 5.56 Å². The first-order chi connectivity index (χ1) is 12.9. The molecule has 0 fully saturated rings. The van der Waals surface area contributed by atoms with Crippen LogP contribution < -0.4 is 10.6 Å². The number of anilines is 2. The van der Waals surface area contributed by atoms with Crippen molar-refractivity contribution in [3.63, 3.8) is 0 Å². The van der Waals surface area contributed by atoms with Crippen molar-refractivity contribution >= 4 is 17.3 Å². The zero-order valence-corrected chi connectivity index (χ0v) is 14.7. The zero-order valence-electron chi connectivity index (χ0n) is 14.7. The highest BCUT2D eigenvalue weighted by Crippen LogP contribution is 2.26. The average Bonchev–Trinajstić information content (AvgIpc) is 2.65. The third kappa shape index (κ3) is 4.49. The van der Waals surface area contributed by atoms with Crippen LogP contribution in [-0.2, 0) is 6.54 Å². The van der Waals surface area contributed by atoms with Gasteiger partial charge in [-0.3, -0.25) is 4.79 Å². The highest BCUT2D eigenvalue weighted by Gasteiger charge is 2.13. The fourth-order valence-electron chi connectivity index (χ4n) is 2.57. The molecule has 27 heavy (non-hydrogen) atoms. The second-order valence-electron chi connectivity index (χ2n) is 6.22. The Bertz CT molecular complexity index is 968. The number of carbonyl (C=O) groups excluding carboxylic acids is 1. The van der Waals surface area contributed by atoms with Crippen LogP contribution in [0.25, 0.3) is 0 Å². The molecule has 0 aliphatic heterocycles. The second kappa shape index (κ2) is 7.70. The minimum absolute atomic E-state index is 0.0495. The Hall–Kier alpha value is -3.67. The number of aryl methyl sites for hydroxylation is 1. The SMILES string of the molecule is Cc1ccc(NC(=O)c2cc(NCc3cc(O)ccc3O)ccc2O)cc1. The van der Waals surface area contributed by atoms with Crippen LogP contribution in [0.5, 0.6) is 17.2 Å². The van der Waals surface area contributed by atoms with Gasteiger partial charge in [0.1, 0.15) is 17.2 Å². The lowest BCUT2D eigenvalue weighted by atomic mass is 10.1. The van der Waals surface area contributed by atoms with Crippen LogP contribution in [0.4, 0.5) is 11.4 Å². The van der Waals surface area contributed by atoms with E-state index in [2.05, 4.69) is 10.6 Å². The zero-order chi connectivity index (χ0) is 19.4. The number of nitrogens with one attached hydrogen (secondary N) is 2. The molecule has 0 radical (unpaired) electrons. The van der Waals surface area contributed by atoms with Crippen molar-refractivity contribution in [3.05, 3.63) is 77.4 Å². The van der Waals surface area contributed by atoms with Crippen molar-refractivity contribution in [3.8, 4) is 17.2 Å². The summed E-state index contributed by atoms with van der Waals surface area (Å²) in [6.45, 7) is 2.20. The summed E-state index contributed by atoms with van der Waals surface area (Å²) < 4.78 is 0. The number of rotatable bonds is 5. The number of benzene rings is 3. The van der Waals surface area contributed by atoms with Crippen molar-refractivity contribution in [2.24, 2.45) is 0 Å². The first-order valence-corrected chi connectivity index (χ1v) is 8.38. The largest absolute Gasteiger partial charge is 0.508 e. The number of amides is 1. The molecule has 0 aliphatic rings. The summed E-state index contributed by atoms with van der Waals surface area (Å²) in [5, 5.41) is 35.2. The maximum Gasteiger partial charge on any atom is 0.259 e. The second-order valence-corrected chi connectivity index (χ2v) is 6.22. The standard InChI is InChI=1S/C21H20N2O4/c1-13-2-4-15(5-3-13)23-21(27)18-11-16(6-8-20(18)26)22-12-14-10-17(24)7-9-19(14)25/h2-11,22,24-26H,12H2,1H3,(H,23,27). The van der Waals surface area contributed by atoms with Crippen molar-refractivity contribution < 1.29 is 20.1 Å². The molecule has 0 unspecified atom stereocenters. The van der Waals surface area contributed by atoms with E-state index in [1.165, 1.54) is 30.3 Å². The quantitative estimate of drug-likeness (QED) is 0.441. The average molecular weight is 364 g/mol. The van der Waals surface area contributed by atoms with Gasteiger partial charge in [0, 0.05) is 23.5 Å². The molecule has 1 amide bonds. The first kappa shape index (κ1) is 18.1. The van der Waals surface area contributed by atoms with E-state index in [0.29, 0.717) is 16.9 Å². The van der Waals surface area contributed by atoms with E-state index >= 15 is 0 Å². The molecule has 0 heterocycles. The van der Waals surface area contributed by atoms with E-state index < -0.39 is 5.91 Å². The van der Waals surface area contributed by atoms with Gasteiger partial charge in [-0.1, -0.05) is 17.7 Å². The molecule has 3 rings (SSSR count). The van der Waals surface area contributed by atoms with Crippen molar-refractivity contribution in [2.45, 2.75) is 13.5 Å². The van der Waals surface area contributed by atoms with Crippen molar-refractivity contribution in [1.29, 1.82) is 0 Å². The molecule has 0 atom stereocenters. The van der Waals surface area contributed by atoms with Gasteiger partial charge in [-0.05, 0) is 55.5 Å². The molecule has 3 aromatic rings. The summed E-state index contributed by atoms with van der Waals surface area (Å²) in [6.07, 6.45) is 0. The van der Waals surface area contributed by atoms with Gasteiger partial charge < -0.3 is 26.0 Å². The van der Waals surface area contributed by atoms with Crippen LogP contribution in [0.1, 0.15) is 21.5 Å². The summed E-state index contributed by atoms with van der Waals surface area (Å²) in [5.74, 6) is -0.463. The Morgan fingerprint density at radius 3 is 2.26 bits per heavy atom. The topological polar surface area (TPSA) is 102 Å². The third-order valence-corrected chi connectivity index (χ3v) is 4.10. The Balaban J connectivity index is 1.74. The van der Waals surface area contributed by atoms with Gasteiger partial charge in [0.2, 0.25) is 0 Å². The molecular formula is C21H20N2O4. The van der Waals surface area contributed by atoms with Gasteiger partial charge in [-0.15, -0.1) is 0 Å². The summed E-state index contributed by atoms with van der Waals surface area (Å²) in [5.41, 5.74) is 2.93. The van der Waals surface area contributed by atoms with Gasteiger partial charge in [0.15, 0.2) is 0 Å². The maximum absolute atomic E-state index is 12.5. The summed E-state index contributed by atoms with van der Waals surface area (Å²) in [6, 6.07) is 16.2. The summed E-state index contributed by atoms with van der Waals surface area (Å²) in [4.78, 5) is 12.5. The number of hydrogen-bond acceptors (Lipinski definition) is 5. The molecule has 6 nitrogen and oxygen atoms in total. The number of hydrogen-bond donors (Lipinski definition) is 5. The Morgan fingerprint density at radius 2 is 1.52 bits per heavy atom. The van der Waals surface area contributed by atoms with Crippen LogP contribution in [0.15, 0.2) is 60.7 Å². The molecule has 3 aromatic carbocycles. The predicted molar refractivity (Wildman–Crippen MR) is 104 cm³/mol. The van der Waals surface area contributed by atoms with E-state index in [-0.39, 0.29) is 29.4 Å². The van der Waals surface area contributed by atoms with E-state index in [0.717, 1.165) is 5.56 Å². The lowest BCUT2D eigenvalue weighted by molar-refractivity contribution is 0.102. The van der Waals surface area contributed by atoms with Crippen LogP contribution >= 0.6 is 0 Å². The van der Waals surface area contributed by atoms with Gasteiger partial charge >= 0.3 is 0 Å². The van der Waals surface area contributed by atoms with Gasteiger partial charge in [-0.2, -0.15) is 0 Å². The Labute approximate surface area is 156 Å². The fraction of sp³-hybridized carbons (Fsp3) is 0.0952. The third-order valence-electron chi connectivity index (χ3n) is 4.10. The smallest absolute Gasteiger partial charge is 0.259 e. The molecule has 0 aliphatic carbocycles. The molecule has 0 aromatic heterocycles. The molecule has 138 valence electrons. The lowest BCUT2D eigenvalue weighted by Crippen LogP contribution is -2.12. The monoisotopic (exact) mass is 364 g/mol. The Morgan fingerprint density at radius 1 is 0.852 bits per heavy atom. The van der Waals surface area contributed by atoms with Crippen LogP contribution in [0, 0.1) is 6.92 Å². The number of carbonyl (C=O) groups is 1. The number of aromatic hydroxyl groups is 3. The highest BCUT2D eigenvalue weighted by molar-refractivity contribution is 6.06. The van der Waals surface area contributed by atoms with Crippen molar-refractivity contribution in [1.82, 2.24) is 0 Å². The highest BCUT2D eigenvalue weighted by atomic mass is 16.3. The fourth-order valence-corrected chi connectivity index (χ4v) is 2.57. The van der Waals surface area contributed by atoms with Gasteiger partial charge in [0.25, 0.3) is 5.91 Å². The minimum Gasteiger partial charge on any atom is -0.508 e. The van der Waals surface area contributed by atoms with Gasteiger partial charge in [-0.25, -0.2) is 0 Å². The molecule has 0 saturated carbocycles. The molecule has 0 saturated heterocycles. The van der Waals surface area contributed by atoms with E-state index in [4.69, 9.17) is 0 Å². The van der Waals surface area contributed by atoms with Crippen LogP contribution in [-0.4, -0.2) is 21.2 Å². The van der Waals surface area contributed by atoms with Crippen molar-refractivity contribution in [2.75, 3.05) is 10.6 Å². The molecule has 0 bridgehead atoms. The van der Waals surface area contributed by atoms with E-state index in [9.17, 15) is 20.1 Å².